The predicted octanol–water partition coefficient (Wildman–Crippen LogP) is 7.62. The highest BCUT2D eigenvalue weighted by atomic mass is 79.9. The first-order valence-electron chi connectivity index (χ1n) is 10.6. The largest absolute Gasteiger partial charge is 0.361 e. The maximum atomic E-state index is 5.25. The van der Waals surface area contributed by atoms with Crippen molar-refractivity contribution in [3.05, 3.63) is 119 Å². The summed E-state index contributed by atoms with van der Waals surface area (Å²) in [5, 5.41) is 3.77. The Morgan fingerprint density at radius 1 is 0.719 bits per heavy atom. The molecule has 0 radical (unpaired) electrons. The van der Waals surface area contributed by atoms with E-state index in [0.29, 0.717) is 0 Å². The average Bonchev–Trinajstić information content (AvgIpc) is 3.26. The van der Waals surface area contributed by atoms with Crippen LogP contribution in [0.25, 0.3) is 33.9 Å². The van der Waals surface area contributed by atoms with Crippen LogP contribution in [0.1, 0.15) is 11.7 Å². The van der Waals surface area contributed by atoms with Crippen molar-refractivity contribution < 1.29 is 0 Å². The molecular formula is C28H20BrN3. The normalized spacial score (nSPS) is 14.3. The smallest absolute Gasteiger partial charge is 0.145 e. The molecule has 4 aromatic carbocycles. The zero-order valence-corrected chi connectivity index (χ0v) is 18.8. The van der Waals surface area contributed by atoms with Gasteiger partial charge in [0.05, 0.1) is 11.4 Å². The number of hydrogen-bond acceptors (Lipinski definition) is 2. The first-order valence-corrected chi connectivity index (χ1v) is 11.4. The Morgan fingerprint density at radius 2 is 1.41 bits per heavy atom. The van der Waals surface area contributed by atoms with E-state index in [0.717, 1.165) is 44.1 Å². The van der Waals surface area contributed by atoms with Crippen LogP contribution in [-0.4, -0.2) is 9.55 Å². The van der Waals surface area contributed by atoms with Gasteiger partial charge in [0.15, 0.2) is 0 Å². The van der Waals surface area contributed by atoms with E-state index in [1.165, 1.54) is 5.56 Å². The molecule has 0 aliphatic carbocycles. The molecule has 1 atom stereocenters. The standard InChI is InChI=1S/C28H20BrN3/c29-22-15-9-14-21(18-22)27-30-24-17-8-7-16-23(24)28-31-25(19-10-3-1-4-11-19)26(32(27)28)20-12-5-2-6-13-20/h1-18,27,30H. The molecule has 0 saturated heterocycles. The fraction of sp³-hybridized carbons (Fsp3) is 0.0357. The Balaban J connectivity index is 1.70. The van der Waals surface area contributed by atoms with E-state index in [1.54, 1.807) is 0 Å². The maximum Gasteiger partial charge on any atom is 0.145 e. The molecule has 0 fully saturated rings. The molecule has 154 valence electrons. The van der Waals surface area contributed by atoms with Crippen LogP contribution in [0.4, 0.5) is 5.69 Å². The van der Waals surface area contributed by atoms with Crippen molar-refractivity contribution in [2.45, 2.75) is 6.17 Å². The highest BCUT2D eigenvalue weighted by molar-refractivity contribution is 9.10. The van der Waals surface area contributed by atoms with Gasteiger partial charge < -0.3 is 5.32 Å². The minimum Gasteiger partial charge on any atom is -0.361 e. The number of imidazole rings is 1. The van der Waals surface area contributed by atoms with Gasteiger partial charge in [-0.1, -0.05) is 101 Å². The number of nitrogens with one attached hydrogen (secondary N) is 1. The van der Waals surface area contributed by atoms with Gasteiger partial charge in [-0.25, -0.2) is 4.98 Å². The van der Waals surface area contributed by atoms with Crippen LogP contribution in [0.5, 0.6) is 0 Å². The summed E-state index contributed by atoms with van der Waals surface area (Å²) < 4.78 is 3.41. The molecule has 1 aliphatic rings. The maximum absolute atomic E-state index is 5.25. The van der Waals surface area contributed by atoms with Crippen molar-refractivity contribution in [2.75, 3.05) is 5.32 Å². The SMILES string of the molecule is Brc1cccc(C2Nc3ccccc3-c3nc(-c4ccccc4)c(-c4ccccc4)n32)c1. The van der Waals surface area contributed by atoms with Gasteiger partial charge in [0.2, 0.25) is 0 Å². The average molecular weight is 478 g/mol. The second-order valence-electron chi connectivity index (χ2n) is 7.88. The molecule has 1 unspecified atom stereocenters. The summed E-state index contributed by atoms with van der Waals surface area (Å²) in [5.74, 6) is 0.974. The van der Waals surface area contributed by atoms with Crippen LogP contribution < -0.4 is 5.32 Å². The van der Waals surface area contributed by atoms with Crippen molar-refractivity contribution in [3.8, 4) is 33.9 Å². The minimum absolute atomic E-state index is 0.0856. The number of anilines is 1. The lowest BCUT2D eigenvalue weighted by Gasteiger charge is -2.31. The van der Waals surface area contributed by atoms with E-state index in [1.807, 2.05) is 6.07 Å². The summed E-state index contributed by atoms with van der Waals surface area (Å²) in [6, 6.07) is 37.9. The third-order valence-corrected chi connectivity index (χ3v) is 6.38. The zero-order valence-electron chi connectivity index (χ0n) is 17.2. The molecule has 6 rings (SSSR count). The Labute approximate surface area is 195 Å². The van der Waals surface area contributed by atoms with E-state index in [2.05, 4.69) is 129 Å². The van der Waals surface area contributed by atoms with Gasteiger partial charge in [-0.05, 0) is 29.8 Å². The van der Waals surface area contributed by atoms with Gasteiger partial charge in [-0.2, -0.15) is 0 Å². The fourth-order valence-corrected chi connectivity index (χ4v) is 4.89. The summed E-state index contributed by atoms with van der Waals surface area (Å²) in [5.41, 5.74) is 7.73. The summed E-state index contributed by atoms with van der Waals surface area (Å²) in [4.78, 5) is 5.25. The molecule has 5 aromatic rings. The van der Waals surface area contributed by atoms with Crippen molar-refractivity contribution in [3.63, 3.8) is 0 Å². The molecule has 0 bridgehead atoms. The Morgan fingerprint density at radius 3 is 2.16 bits per heavy atom. The second-order valence-corrected chi connectivity index (χ2v) is 8.80. The number of halogens is 1. The third-order valence-electron chi connectivity index (χ3n) is 5.89. The zero-order chi connectivity index (χ0) is 21.5. The molecule has 4 heteroatoms. The monoisotopic (exact) mass is 477 g/mol. The number of rotatable bonds is 3. The van der Waals surface area contributed by atoms with Crippen molar-refractivity contribution in [2.24, 2.45) is 0 Å². The lowest BCUT2D eigenvalue weighted by atomic mass is 10.0. The summed E-state index contributed by atoms with van der Waals surface area (Å²) in [6.07, 6.45) is -0.0856. The van der Waals surface area contributed by atoms with E-state index in [-0.39, 0.29) is 6.17 Å². The van der Waals surface area contributed by atoms with Crippen molar-refractivity contribution >= 4 is 21.6 Å². The number of benzene rings is 4. The van der Waals surface area contributed by atoms with Gasteiger partial charge in [0.1, 0.15) is 12.0 Å². The summed E-state index contributed by atoms with van der Waals surface area (Å²) in [7, 11) is 0. The molecular weight excluding hydrogens is 458 g/mol. The highest BCUT2D eigenvalue weighted by Crippen LogP contribution is 2.45. The first kappa shape index (κ1) is 19.1. The van der Waals surface area contributed by atoms with Crippen molar-refractivity contribution in [1.29, 1.82) is 0 Å². The van der Waals surface area contributed by atoms with Gasteiger partial charge in [0.25, 0.3) is 0 Å². The van der Waals surface area contributed by atoms with Gasteiger partial charge in [0, 0.05) is 26.9 Å². The topological polar surface area (TPSA) is 29.9 Å². The molecule has 3 nitrogen and oxygen atoms in total. The van der Waals surface area contributed by atoms with Crippen LogP contribution in [0.15, 0.2) is 114 Å². The molecule has 32 heavy (non-hydrogen) atoms. The van der Waals surface area contributed by atoms with Gasteiger partial charge in [-0.3, -0.25) is 4.57 Å². The number of fused-ring (bicyclic) bond motifs is 3. The molecule has 1 aromatic heterocycles. The van der Waals surface area contributed by atoms with Crippen LogP contribution in [0, 0.1) is 0 Å². The quantitative estimate of drug-likeness (QED) is 0.289. The van der Waals surface area contributed by atoms with Crippen LogP contribution in [0.2, 0.25) is 0 Å². The summed E-state index contributed by atoms with van der Waals surface area (Å²) in [6.45, 7) is 0. The molecule has 0 saturated carbocycles. The molecule has 0 amide bonds. The van der Waals surface area contributed by atoms with E-state index < -0.39 is 0 Å². The third kappa shape index (κ3) is 3.15. The number of hydrogen-bond donors (Lipinski definition) is 1. The van der Waals surface area contributed by atoms with Crippen molar-refractivity contribution in [1.82, 2.24) is 9.55 Å². The lowest BCUT2D eigenvalue weighted by molar-refractivity contribution is 0.655. The van der Waals surface area contributed by atoms with Crippen LogP contribution in [0.3, 0.4) is 0 Å². The Kier molecular flexibility index (Phi) is 4.66. The fourth-order valence-electron chi connectivity index (χ4n) is 4.47. The predicted molar refractivity (Wildman–Crippen MR) is 134 cm³/mol. The Bertz CT molecular complexity index is 1410. The van der Waals surface area contributed by atoms with E-state index >= 15 is 0 Å². The molecule has 1 aliphatic heterocycles. The highest BCUT2D eigenvalue weighted by Gasteiger charge is 2.31. The van der Waals surface area contributed by atoms with Crippen LogP contribution >= 0.6 is 15.9 Å². The number of para-hydroxylation sites is 1. The van der Waals surface area contributed by atoms with Crippen LogP contribution in [-0.2, 0) is 0 Å². The van der Waals surface area contributed by atoms with Gasteiger partial charge >= 0.3 is 0 Å². The lowest BCUT2D eigenvalue weighted by Crippen LogP contribution is -2.25. The van der Waals surface area contributed by atoms with E-state index in [9.17, 15) is 0 Å². The first-order chi connectivity index (χ1) is 15.8. The minimum atomic E-state index is -0.0856. The number of aromatic nitrogens is 2. The van der Waals surface area contributed by atoms with Gasteiger partial charge in [-0.15, -0.1) is 0 Å². The Hall–Kier alpha value is -3.63. The molecule has 1 N–H and O–H groups in total. The molecule has 0 spiro atoms. The number of nitrogens with zero attached hydrogens (tertiary/aromatic N) is 2. The van der Waals surface area contributed by atoms with E-state index in [4.69, 9.17) is 4.98 Å². The molecule has 2 heterocycles. The summed E-state index contributed by atoms with van der Waals surface area (Å²) >= 11 is 3.65. The second kappa shape index (κ2) is 7.81.